The van der Waals surface area contributed by atoms with Crippen LogP contribution in [0.25, 0.3) is 10.8 Å². The van der Waals surface area contributed by atoms with E-state index in [1.54, 1.807) is 30.3 Å². The smallest absolute Gasteiger partial charge is 0.243 e. The van der Waals surface area contributed by atoms with Gasteiger partial charge in [-0.2, -0.15) is 4.31 Å². The average Bonchev–Trinajstić information content (AvgIpc) is 2.79. The Labute approximate surface area is 177 Å². The molecule has 1 N–H and O–H groups in total. The van der Waals surface area contributed by atoms with Crippen molar-refractivity contribution in [3.63, 3.8) is 0 Å². The molecular weight excluding hydrogens is 396 g/mol. The van der Waals surface area contributed by atoms with Gasteiger partial charge in [0.05, 0.1) is 11.4 Å². The van der Waals surface area contributed by atoms with Crippen LogP contribution in [-0.4, -0.2) is 31.2 Å². The highest BCUT2D eigenvalue weighted by Gasteiger charge is 2.33. The SMILES string of the molecule is O=C(CN(C1CCCCC1)S(=O)(=O)c1ccccc1)Nc1cccc2ccccc12. The number of benzene rings is 3. The van der Waals surface area contributed by atoms with Crippen molar-refractivity contribution in [3.05, 3.63) is 72.8 Å². The average molecular weight is 423 g/mol. The first-order chi connectivity index (χ1) is 14.6. The normalized spacial score (nSPS) is 15.4. The molecule has 0 aliphatic heterocycles. The molecule has 0 aromatic heterocycles. The third kappa shape index (κ3) is 4.40. The molecule has 1 aliphatic rings. The Bertz CT molecular complexity index is 1120. The fraction of sp³-hybridized carbons (Fsp3) is 0.292. The largest absolute Gasteiger partial charge is 0.324 e. The summed E-state index contributed by atoms with van der Waals surface area (Å²) in [6, 6.07) is 21.8. The topological polar surface area (TPSA) is 66.5 Å². The van der Waals surface area contributed by atoms with Crippen LogP contribution in [0.1, 0.15) is 32.1 Å². The van der Waals surface area contributed by atoms with E-state index < -0.39 is 10.0 Å². The summed E-state index contributed by atoms with van der Waals surface area (Å²) in [6.07, 6.45) is 4.64. The lowest BCUT2D eigenvalue weighted by atomic mass is 9.95. The molecular formula is C24H26N2O3S. The van der Waals surface area contributed by atoms with E-state index in [1.807, 2.05) is 42.5 Å². The molecule has 0 saturated heterocycles. The number of hydrogen-bond donors (Lipinski definition) is 1. The third-order valence-corrected chi connectivity index (χ3v) is 7.61. The number of amides is 1. The van der Waals surface area contributed by atoms with Crippen molar-refractivity contribution < 1.29 is 13.2 Å². The fourth-order valence-corrected chi connectivity index (χ4v) is 5.84. The zero-order valence-corrected chi connectivity index (χ0v) is 17.6. The van der Waals surface area contributed by atoms with Crippen LogP contribution in [0.15, 0.2) is 77.7 Å². The number of carbonyl (C=O) groups is 1. The van der Waals surface area contributed by atoms with Gasteiger partial charge in [-0.15, -0.1) is 0 Å². The summed E-state index contributed by atoms with van der Waals surface area (Å²) in [5, 5.41) is 4.89. The van der Waals surface area contributed by atoms with Gasteiger partial charge in [0.2, 0.25) is 15.9 Å². The molecule has 1 saturated carbocycles. The van der Waals surface area contributed by atoms with Crippen LogP contribution in [0.3, 0.4) is 0 Å². The molecule has 5 nitrogen and oxygen atoms in total. The second kappa shape index (κ2) is 8.98. The molecule has 3 aromatic rings. The summed E-state index contributed by atoms with van der Waals surface area (Å²) in [5.74, 6) is -0.323. The highest BCUT2D eigenvalue weighted by atomic mass is 32.2. The van der Waals surface area contributed by atoms with Crippen LogP contribution in [0.5, 0.6) is 0 Å². The molecule has 3 aromatic carbocycles. The van der Waals surface area contributed by atoms with Gasteiger partial charge in [0.25, 0.3) is 0 Å². The molecule has 0 atom stereocenters. The van der Waals surface area contributed by atoms with Crippen molar-refractivity contribution in [3.8, 4) is 0 Å². The number of hydrogen-bond acceptors (Lipinski definition) is 3. The maximum atomic E-state index is 13.4. The van der Waals surface area contributed by atoms with Crippen LogP contribution in [0, 0.1) is 0 Å². The molecule has 0 radical (unpaired) electrons. The van der Waals surface area contributed by atoms with Gasteiger partial charge >= 0.3 is 0 Å². The molecule has 1 fully saturated rings. The zero-order chi connectivity index (χ0) is 21.0. The molecule has 1 aliphatic carbocycles. The van der Waals surface area contributed by atoms with Crippen molar-refractivity contribution in [2.24, 2.45) is 0 Å². The van der Waals surface area contributed by atoms with Gasteiger partial charge in [0.1, 0.15) is 0 Å². The predicted octanol–water partition coefficient (Wildman–Crippen LogP) is 4.80. The number of nitrogens with one attached hydrogen (secondary N) is 1. The number of carbonyl (C=O) groups excluding carboxylic acids is 1. The van der Waals surface area contributed by atoms with E-state index in [0.29, 0.717) is 5.69 Å². The first-order valence-electron chi connectivity index (χ1n) is 10.4. The van der Waals surface area contributed by atoms with Gasteiger partial charge in [0, 0.05) is 17.1 Å². The second-order valence-corrected chi connectivity index (χ2v) is 9.62. The summed E-state index contributed by atoms with van der Waals surface area (Å²) in [7, 11) is -3.76. The number of anilines is 1. The molecule has 0 bridgehead atoms. The van der Waals surface area contributed by atoms with Crippen molar-refractivity contribution in [1.82, 2.24) is 4.31 Å². The van der Waals surface area contributed by atoms with Gasteiger partial charge in [-0.1, -0.05) is 73.9 Å². The van der Waals surface area contributed by atoms with E-state index in [1.165, 1.54) is 4.31 Å². The second-order valence-electron chi connectivity index (χ2n) is 7.73. The fourth-order valence-electron chi connectivity index (χ4n) is 4.17. The summed E-state index contributed by atoms with van der Waals surface area (Å²) < 4.78 is 28.2. The van der Waals surface area contributed by atoms with Crippen molar-refractivity contribution in [1.29, 1.82) is 0 Å². The Morgan fingerprint density at radius 2 is 1.53 bits per heavy atom. The van der Waals surface area contributed by atoms with E-state index in [4.69, 9.17) is 0 Å². The quantitative estimate of drug-likeness (QED) is 0.620. The molecule has 6 heteroatoms. The zero-order valence-electron chi connectivity index (χ0n) is 16.8. The lowest BCUT2D eigenvalue weighted by Crippen LogP contribution is -2.45. The van der Waals surface area contributed by atoms with Gasteiger partial charge < -0.3 is 5.32 Å². The Morgan fingerprint density at radius 1 is 0.867 bits per heavy atom. The molecule has 0 heterocycles. The van der Waals surface area contributed by atoms with E-state index >= 15 is 0 Å². The maximum absolute atomic E-state index is 13.4. The number of rotatable bonds is 6. The minimum Gasteiger partial charge on any atom is -0.324 e. The molecule has 30 heavy (non-hydrogen) atoms. The first-order valence-corrected chi connectivity index (χ1v) is 11.8. The van der Waals surface area contributed by atoms with Gasteiger partial charge in [-0.3, -0.25) is 4.79 Å². The first kappa shape index (κ1) is 20.6. The Kier molecular flexibility index (Phi) is 6.16. The summed E-state index contributed by atoms with van der Waals surface area (Å²) in [5.41, 5.74) is 0.693. The minimum atomic E-state index is -3.76. The van der Waals surface area contributed by atoms with Crippen molar-refractivity contribution in [2.75, 3.05) is 11.9 Å². The Hall–Kier alpha value is -2.70. The van der Waals surface area contributed by atoms with E-state index in [2.05, 4.69) is 5.32 Å². The standard InChI is InChI=1S/C24H26N2O3S/c27-24(25-23-17-9-11-19-10-7-8-16-22(19)23)18-26(20-12-3-1-4-13-20)30(28,29)21-14-5-2-6-15-21/h2,5-11,14-17,20H,1,3-4,12-13,18H2,(H,25,27). The minimum absolute atomic E-state index is 0.151. The summed E-state index contributed by atoms with van der Waals surface area (Å²) in [4.78, 5) is 13.2. The lowest BCUT2D eigenvalue weighted by Gasteiger charge is -2.33. The van der Waals surface area contributed by atoms with Crippen LogP contribution >= 0.6 is 0 Å². The van der Waals surface area contributed by atoms with Crippen LogP contribution < -0.4 is 5.32 Å². The van der Waals surface area contributed by atoms with Gasteiger partial charge in [0.15, 0.2) is 0 Å². The van der Waals surface area contributed by atoms with E-state index in [0.717, 1.165) is 42.9 Å². The van der Waals surface area contributed by atoms with E-state index in [9.17, 15) is 13.2 Å². The van der Waals surface area contributed by atoms with E-state index in [-0.39, 0.29) is 23.4 Å². The Balaban J connectivity index is 1.60. The molecule has 156 valence electrons. The third-order valence-electron chi connectivity index (χ3n) is 5.69. The number of fused-ring (bicyclic) bond motifs is 1. The number of sulfonamides is 1. The van der Waals surface area contributed by atoms with Crippen molar-refractivity contribution >= 4 is 32.4 Å². The monoisotopic (exact) mass is 422 g/mol. The predicted molar refractivity (Wildman–Crippen MR) is 120 cm³/mol. The van der Waals surface area contributed by atoms with Crippen LogP contribution in [0.4, 0.5) is 5.69 Å². The molecule has 0 spiro atoms. The maximum Gasteiger partial charge on any atom is 0.243 e. The van der Waals surface area contributed by atoms with Crippen molar-refractivity contribution in [2.45, 2.75) is 43.0 Å². The Morgan fingerprint density at radius 3 is 2.30 bits per heavy atom. The van der Waals surface area contributed by atoms with Gasteiger partial charge in [-0.25, -0.2) is 8.42 Å². The molecule has 1 amide bonds. The molecule has 4 rings (SSSR count). The molecule has 0 unspecified atom stereocenters. The highest BCUT2D eigenvalue weighted by molar-refractivity contribution is 7.89. The lowest BCUT2D eigenvalue weighted by molar-refractivity contribution is -0.116. The number of nitrogens with zero attached hydrogens (tertiary/aromatic N) is 1. The van der Waals surface area contributed by atoms with Gasteiger partial charge in [-0.05, 0) is 36.4 Å². The van der Waals surface area contributed by atoms with Crippen LogP contribution in [0.2, 0.25) is 0 Å². The summed E-state index contributed by atoms with van der Waals surface area (Å²) >= 11 is 0. The highest BCUT2D eigenvalue weighted by Crippen LogP contribution is 2.28. The summed E-state index contributed by atoms with van der Waals surface area (Å²) in [6.45, 7) is -0.189. The van der Waals surface area contributed by atoms with Crippen LogP contribution in [-0.2, 0) is 14.8 Å².